The van der Waals surface area contributed by atoms with E-state index in [9.17, 15) is 14.0 Å². The number of likely N-dealkylation sites (tertiary alicyclic amines) is 1. The van der Waals surface area contributed by atoms with Gasteiger partial charge in [0.15, 0.2) is 11.5 Å². The van der Waals surface area contributed by atoms with E-state index in [4.69, 9.17) is 14.2 Å². The van der Waals surface area contributed by atoms with E-state index in [-0.39, 0.29) is 54.9 Å². The van der Waals surface area contributed by atoms with Crippen LogP contribution in [-0.2, 0) is 16.0 Å². The van der Waals surface area contributed by atoms with Crippen LogP contribution in [0.15, 0.2) is 67.3 Å². The monoisotopic (exact) mass is 669 g/mol. The number of ether oxygens (including phenoxy) is 3. The number of benzene rings is 3. The van der Waals surface area contributed by atoms with E-state index in [0.29, 0.717) is 48.7 Å². The molecular formula is C40H48FN3O5. The summed E-state index contributed by atoms with van der Waals surface area (Å²) in [4.78, 5) is 33.9. The molecule has 3 atom stereocenters. The van der Waals surface area contributed by atoms with E-state index >= 15 is 0 Å². The Morgan fingerprint density at radius 1 is 1.12 bits per heavy atom. The molecule has 1 saturated heterocycles. The number of nitrogens with zero attached hydrogens (tertiary/aromatic N) is 3. The molecule has 1 fully saturated rings. The van der Waals surface area contributed by atoms with Crippen LogP contribution in [0.25, 0.3) is 0 Å². The fourth-order valence-electron chi connectivity index (χ4n) is 8.07. The molecule has 6 rings (SSSR count). The van der Waals surface area contributed by atoms with E-state index in [2.05, 4.69) is 25.3 Å². The molecule has 0 aromatic heterocycles. The van der Waals surface area contributed by atoms with Crippen molar-refractivity contribution < 1.29 is 28.2 Å². The lowest BCUT2D eigenvalue weighted by atomic mass is 9.84. The molecule has 0 N–H and O–H groups in total. The Hall–Kier alpha value is -4.37. The first-order chi connectivity index (χ1) is 23.8. The summed E-state index contributed by atoms with van der Waals surface area (Å²) in [5.41, 5.74) is 4.26. The summed E-state index contributed by atoms with van der Waals surface area (Å²) in [6.07, 6.45) is 6.61. The minimum Gasteiger partial charge on any atom is -0.493 e. The van der Waals surface area contributed by atoms with E-state index in [0.717, 1.165) is 48.2 Å². The number of rotatable bonds is 14. The van der Waals surface area contributed by atoms with Gasteiger partial charge in [-0.25, -0.2) is 4.39 Å². The van der Waals surface area contributed by atoms with Crippen LogP contribution in [0, 0.1) is 18.7 Å². The number of amides is 2. The second-order valence-corrected chi connectivity index (χ2v) is 13.4. The minimum atomic E-state index is -0.285. The van der Waals surface area contributed by atoms with Gasteiger partial charge in [0.2, 0.25) is 24.4 Å². The number of hydrogen-bond donors (Lipinski definition) is 0. The summed E-state index contributed by atoms with van der Waals surface area (Å²) in [6.45, 7) is 11.7. The van der Waals surface area contributed by atoms with Crippen LogP contribution >= 0.6 is 0 Å². The fraction of sp³-hybridized carbons (Fsp3) is 0.450. The van der Waals surface area contributed by atoms with Gasteiger partial charge in [-0.1, -0.05) is 51.0 Å². The Kier molecular flexibility index (Phi) is 10.6. The molecule has 0 aliphatic carbocycles. The highest BCUT2D eigenvalue weighted by molar-refractivity contribution is 6.01. The molecule has 0 radical (unpaired) electrons. The zero-order valence-electron chi connectivity index (χ0n) is 29.1. The number of methoxy groups -OCH3 is 1. The third kappa shape index (κ3) is 6.91. The maximum Gasteiger partial charge on any atom is 0.241 e. The molecule has 260 valence electrons. The van der Waals surface area contributed by atoms with E-state index < -0.39 is 0 Å². The largest absolute Gasteiger partial charge is 0.493 e. The van der Waals surface area contributed by atoms with E-state index in [1.165, 1.54) is 6.07 Å². The predicted molar refractivity (Wildman–Crippen MR) is 190 cm³/mol. The lowest BCUT2D eigenvalue weighted by Gasteiger charge is -2.35. The summed E-state index contributed by atoms with van der Waals surface area (Å²) >= 11 is 0. The van der Waals surface area contributed by atoms with Gasteiger partial charge in [-0.15, -0.1) is 6.58 Å². The molecule has 3 heterocycles. The number of para-hydroxylation sites is 1. The van der Waals surface area contributed by atoms with Crippen molar-refractivity contribution in [1.82, 2.24) is 4.90 Å². The second-order valence-electron chi connectivity index (χ2n) is 13.4. The van der Waals surface area contributed by atoms with Gasteiger partial charge in [0, 0.05) is 48.4 Å². The van der Waals surface area contributed by atoms with Gasteiger partial charge in [-0.2, -0.15) is 0 Å². The van der Waals surface area contributed by atoms with Crippen LogP contribution in [0.5, 0.6) is 17.2 Å². The Balaban J connectivity index is 1.34. The zero-order valence-corrected chi connectivity index (χ0v) is 29.1. The Labute approximate surface area is 289 Å². The molecule has 3 aliphatic rings. The fourth-order valence-corrected chi connectivity index (χ4v) is 8.07. The number of aryl methyl sites for hydroxylation is 1. The van der Waals surface area contributed by atoms with Crippen molar-refractivity contribution in [2.75, 3.05) is 43.3 Å². The number of halogens is 1. The third-order valence-electron chi connectivity index (χ3n) is 10.4. The van der Waals surface area contributed by atoms with Crippen molar-refractivity contribution in [3.05, 3.63) is 89.8 Å². The third-order valence-corrected chi connectivity index (χ3v) is 10.4. The van der Waals surface area contributed by atoms with Crippen LogP contribution in [0.2, 0.25) is 0 Å². The average molecular weight is 670 g/mol. The smallest absolute Gasteiger partial charge is 0.241 e. The van der Waals surface area contributed by atoms with E-state index in [1.54, 1.807) is 26.2 Å². The Morgan fingerprint density at radius 2 is 1.90 bits per heavy atom. The summed E-state index contributed by atoms with van der Waals surface area (Å²) in [7, 11) is 1.62. The first-order valence-electron chi connectivity index (χ1n) is 17.6. The highest BCUT2D eigenvalue weighted by atomic mass is 19.1. The van der Waals surface area contributed by atoms with Crippen LogP contribution in [-0.4, -0.2) is 62.3 Å². The molecular weight excluding hydrogens is 621 g/mol. The molecule has 8 nitrogen and oxygen atoms in total. The lowest BCUT2D eigenvalue weighted by Crippen LogP contribution is -2.48. The van der Waals surface area contributed by atoms with Gasteiger partial charge in [0.1, 0.15) is 5.82 Å². The molecule has 2 amide bonds. The molecule has 0 bridgehead atoms. The standard InChI is InChI=1S/C40H48FN3O5/c1-6-11-29(12-7-2)44(30-15-16-33(41)26(4)19-30)39(46)24-42-23-32(28-20-36(47-5)40-37(21-28)48-25-49-40)31(8-3)35(42)17-18-43-34-14-10-9-13-27(34)22-38(43)45/h8-10,13-16,19-21,29,31-32,35H,3,6-7,11-12,17-18,22-25H2,1-2,4-5H3/t31-,32-,35+/m1/s1. The lowest BCUT2D eigenvalue weighted by molar-refractivity contribution is -0.121. The average Bonchev–Trinajstić information content (AvgIpc) is 3.80. The van der Waals surface area contributed by atoms with Crippen molar-refractivity contribution in [2.45, 2.75) is 77.3 Å². The topological polar surface area (TPSA) is 71.6 Å². The molecule has 3 aromatic carbocycles. The van der Waals surface area contributed by atoms with Crippen molar-refractivity contribution in [3.63, 3.8) is 0 Å². The quantitative estimate of drug-likeness (QED) is 0.167. The molecule has 49 heavy (non-hydrogen) atoms. The van der Waals surface area contributed by atoms with Crippen LogP contribution in [0.1, 0.15) is 68.6 Å². The number of carbonyl (C=O) groups is 2. The maximum absolute atomic E-state index is 14.6. The number of hydrogen-bond acceptors (Lipinski definition) is 6. The van der Waals surface area contributed by atoms with Crippen molar-refractivity contribution in [2.24, 2.45) is 5.92 Å². The molecule has 0 spiro atoms. The molecule has 0 unspecified atom stereocenters. The van der Waals surface area contributed by atoms with Gasteiger partial charge in [0.05, 0.1) is 20.1 Å². The van der Waals surface area contributed by atoms with Gasteiger partial charge < -0.3 is 24.0 Å². The van der Waals surface area contributed by atoms with Gasteiger partial charge in [-0.3, -0.25) is 14.5 Å². The van der Waals surface area contributed by atoms with Gasteiger partial charge in [0.25, 0.3) is 0 Å². The van der Waals surface area contributed by atoms with Crippen LogP contribution in [0.4, 0.5) is 15.8 Å². The van der Waals surface area contributed by atoms with Crippen LogP contribution in [0.3, 0.4) is 0 Å². The molecule has 3 aromatic rings. The van der Waals surface area contributed by atoms with Crippen molar-refractivity contribution in [3.8, 4) is 17.2 Å². The molecule has 0 saturated carbocycles. The Bertz CT molecular complexity index is 1690. The summed E-state index contributed by atoms with van der Waals surface area (Å²) in [5.74, 6) is 1.61. The second kappa shape index (κ2) is 15.0. The minimum absolute atomic E-state index is 0.00347. The normalized spacial score (nSPS) is 19.8. The molecule has 3 aliphatic heterocycles. The number of fused-ring (bicyclic) bond motifs is 2. The van der Waals surface area contributed by atoms with Gasteiger partial charge in [-0.05, 0) is 79.3 Å². The molecule has 9 heteroatoms. The first-order valence-corrected chi connectivity index (χ1v) is 17.6. The van der Waals surface area contributed by atoms with Crippen molar-refractivity contribution in [1.29, 1.82) is 0 Å². The number of anilines is 2. The highest BCUT2D eigenvalue weighted by Crippen LogP contribution is 2.47. The van der Waals surface area contributed by atoms with E-state index in [1.807, 2.05) is 52.3 Å². The summed E-state index contributed by atoms with van der Waals surface area (Å²) in [6, 6.07) is 16.9. The Morgan fingerprint density at radius 3 is 2.61 bits per heavy atom. The summed E-state index contributed by atoms with van der Waals surface area (Å²) in [5, 5.41) is 0. The number of carbonyl (C=O) groups excluding carboxylic acids is 2. The SMILES string of the molecule is C=C[C@@H]1[C@@H](c2cc(OC)c3c(c2)OCO3)CN(CC(=O)N(c2ccc(F)c(C)c2)C(CCC)CCC)[C@H]1CCN1C(=O)Cc2ccccc21. The highest BCUT2D eigenvalue weighted by Gasteiger charge is 2.43. The predicted octanol–water partition coefficient (Wildman–Crippen LogP) is 7.42. The summed E-state index contributed by atoms with van der Waals surface area (Å²) < 4.78 is 31.6. The van der Waals surface area contributed by atoms with Gasteiger partial charge >= 0.3 is 0 Å². The van der Waals surface area contributed by atoms with Crippen molar-refractivity contribution >= 4 is 23.2 Å². The maximum atomic E-state index is 14.6. The van der Waals surface area contributed by atoms with Crippen LogP contribution < -0.4 is 24.0 Å². The first kappa shape index (κ1) is 34.5. The zero-order chi connectivity index (χ0) is 34.7.